The van der Waals surface area contributed by atoms with Crippen LogP contribution in [0.3, 0.4) is 0 Å². The van der Waals surface area contributed by atoms with Crippen molar-refractivity contribution in [3.8, 4) is 0 Å². The van der Waals surface area contributed by atoms with E-state index in [1.165, 1.54) is 5.00 Å². The van der Waals surface area contributed by atoms with E-state index >= 15 is 0 Å². The summed E-state index contributed by atoms with van der Waals surface area (Å²) in [4.78, 5) is 8.43. The van der Waals surface area contributed by atoms with Crippen LogP contribution in [0.5, 0.6) is 0 Å². The number of rotatable bonds is 4. The molecule has 4 nitrogen and oxygen atoms in total. The summed E-state index contributed by atoms with van der Waals surface area (Å²) in [7, 11) is 0. The molecule has 0 atom stereocenters. The fraction of sp³-hybridized carbons (Fsp3) is 0.643. The number of piperazine rings is 1. The summed E-state index contributed by atoms with van der Waals surface area (Å²) in [6, 6.07) is 4.11. The number of alkyl halides is 3. The molecule has 0 radical (unpaired) electrons. The Balaban J connectivity index is 1.89. The monoisotopic (exact) mass is 334 g/mol. The minimum absolute atomic E-state index is 0.225. The number of hydrogen-bond acceptors (Lipinski definition) is 3. The summed E-state index contributed by atoms with van der Waals surface area (Å²) in [5.74, 6) is 0.581. The van der Waals surface area contributed by atoms with Crippen molar-refractivity contribution in [1.82, 2.24) is 10.2 Å². The number of guanidine groups is 1. The predicted molar refractivity (Wildman–Crippen MR) is 84.8 cm³/mol. The number of nitrogens with zero attached hydrogens (tertiary/aromatic N) is 3. The van der Waals surface area contributed by atoms with E-state index in [2.05, 4.69) is 21.3 Å². The van der Waals surface area contributed by atoms with Gasteiger partial charge < -0.3 is 15.1 Å². The van der Waals surface area contributed by atoms with Gasteiger partial charge in [-0.2, -0.15) is 13.2 Å². The molecule has 8 heteroatoms. The van der Waals surface area contributed by atoms with E-state index < -0.39 is 12.6 Å². The van der Waals surface area contributed by atoms with Gasteiger partial charge in [-0.3, -0.25) is 4.99 Å². The van der Waals surface area contributed by atoms with Crippen molar-refractivity contribution in [3.05, 3.63) is 17.5 Å². The van der Waals surface area contributed by atoms with Crippen molar-refractivity contribution in [2.24, 2.45) is 4.99 Å². The van der Waals surface area contributed by atoms with E-state index in [4.69, 9.17) is 0 Å². The van der Waals surface area contributed by atoms with Gasteiger partial charge in [-0.15, -0.1) is 11.3 Å². The Hall–Kier alpha value is -1.44. The Morgan fingerprint density at radius 1 is 1.32 bits per heavy atom. The number of aliphatic imine (C=N–C) groups is 1. The summed E-state index contributed by atoms with van der Waals surface area (Å²) < 4.78 is 36.7. The van der Waals surface area contributed by atoms with E-state index in [0.29, 0.717) is 12.5 Å². The SMILES string of the molecule is CCNC(=NCCC(F)(F)F)N1CCN(c2cccs2)CC1. The smallest absolute Gasteiger partial charge is 0.360 e. The van der Waals surface area contributed by atoms with Crippen molar-refractivity contribution in [1.29, 1.82) is 0 Å². The lowest BCUT2D eigenvalue weighted by Crippen LogP contribution is -2.52. The topological polar surface area (TPSA) is 30.9 Å². The zero-order chi connectivity index (χ0) is 16.0. The third-order valence-electron chi connectivity index (χ3n) is 3.39. The minimum Gasteiger partial charge on any atom is -0.360 e. The molecule has 0 aliphatic carbocycles. The van der Waals surface area contributed by atoms with E-state index in [1.54, 1.807) is 11.3 Å². The first-order valence-corrected chi connectivity index (χ1v) is 8.26. The van der Waals surface area contributed by atoms with Crippen LogP contribution in [-0.2, 0) is 0 Å². The summed E-state index contributed by atoms with van der Waals surface area (Å²) in [5, 5.41) is 6.36. The maximum Gasteiger partial charge on any atom is 0.390 e. The first-order valence-electron chi connectivity index (χ1n) is 7.38. The second kappa shape index (κ2) is 7.71. The highest BCUT2D eigenvalue weighted by Gasteiger charge is 2.26. The second-order valence-electron chi connectivity index (χ2n) is 5.03. The molecule has 1 N–H and O–H groups in total. The highest BCUT2D eigenvalue weighted by atomic mass is 32.1. The number of nitrogens with one attached hydrogen (secondary N) is 1. The van der Waals surface area contributed by atoms with E-state index in [-0.39, 0.29) is 6.54 Å². The van der Waals surface area contributed by atoms with Gasteiger partial charge in [-0.1, -0.05) is 0 Å². The van der Waals surface area contributed by atoms with Crippen molar-refractivity contribution >= 4 is 22.3 Å². The molecule has 0 saturated carbocycles. The quantitative estimate of drug-likeness (QED) is 0.678. The molecule has 1 aliphatic heterocycles. The zero-order valence-electron chi connectivity index (χ0n) is 12.6. The van der Waals surface area contributed by atoms with Gasteiger partial charge in [0.25, 0.3) is 0 Å². The molecular weight excluding hydrogens is 313 g/mol. The van der Waals surface area contributed by atoms with Crippen LogP contribution in [0.1, 0.15) is 13.3 Å². The Morgan fingerprint density at radius 3 is 2.59 bits per heavy atom. The van der Waals surface area contributed by atoms with Crippen LogP contribution >= 0.6 is 11.3 Å². The first-order chi connectivity index (χ1) is 10.5. The van der Waals surface area contributed by atoms with Crippen LogP contribution in [0.15, 0.2) is 22.5 Å². The van der Waals surface area contributed by atoms with Crippen LogP contribution in [0.4, 0.5) is 18.2 Å². The lowest BCUT2D eigenvalue weighted by atomic mass is 10.3. The summed E-state index contributed by atoms with van der Waals surface area (Å²) in [5.41, 5.74) is 0. The molecule has 0 unspecified atom stereocenters. The van der Waals surface area contributed by atoms with Gasteiger partial charge in [0, 0.05) is 32.7 Å². The maximum atomic E-state index is 12.2. The van der Waals surface area contributed by atoms with Crippen LogP contribution in [0.2, 0.25) is 0 Å². The van der Waals surface area contributed by atoms with Crippen LogP contribution in [0, 0.1) is 0 Å². The highest BCUT2D eigenvalue weighted by molar-refractivity contribution is 7.14. The molecule has 0 aromatic carbocycles. The molecule has 1 saturated heterocycles. The summed E-state index contributed by atoms with van der Waals surface area (Å²) in [6.07, 6.45) is -5.03. The minimum atomic E-state index is -4.15. The van der Waals surface area contributed by atoms with Gasteiger partial charge in [0.15, 0.2) is 5.96 Å². The zero-order valence-corrected chi connectivity index (χ0v) is 13.4. The van der Waals surface area contributed by atoms with Crippen LogP contribution in [-0.4, -0.2) is 56.3 Å². The Kier molecular flexibility index (Phi) is 5.93. The average molecular weight is 334 g/mol. The molecule has 1 aromatic rings. The predicted octanol–water partition coefficient (Wildman–Crippen LogP) is 2.79. The number of thiophene rings is 1. The lowest BCUT2D eigenvalue weighted by molar-refractivity contribution is -0.132. The van der Waals surface area contributed by atoms with E-state index in [1.807, 2.05) is 23.3 Å². The van der Waals surface area contributed by atoms with Gasteiger partial charge in [0.1, 0.15) is 0 Å². The van der Waals surface area contributed by atoms with Gasteiger partial charge in [-0.05, 0) is 24.4 Å². The maximum absolute atomic E-state index is 12.2. The molecule has 1 aliphatic rings. The highest BCUT2D eigenvalue weighted by Crippen LogP contribution is 2.22. The molecule has 124 valence electrons. The molecular formula is C14H21F3N4S. The second-order valence-corrected chi connectivity index (χ2v) is 5.95. The van der Waals surface area contributed by atoms with Crippen LogP contribution in [0.25, 0.3) is 0 Å². The Labute approximate surface area is 132 Å². The third-order valence-corrected chi connectivity index (χ3v) is 4.32. The van der Waals surface area contributed by atoms with Crippen molar-refractivity contribution in [2.75, 3.05) is 44.2 Å². The van der Waals surface area contributed by atoms with Crippen molar-refractivity contribution in [3.63, 3.8) is 0 Å². The Morgan fingerprint density at radius 2 is 2.05 bits per heavy atom. The summed E-state index contributed by atoms with van der Waals surface area (Å²) >= 11 is 1.70. The average Bonchev–Trinajstić information content (AvgIpc) is 2.99. The Bertz CT molecular complexity index is 465. The number of halogens is 3. The van der Waals surface area contributed by atoms with Crippen molar-refractivity contribution < 1.29 is 13.2 Å². The standard InChI is InChI=1S/C14H21F3N4S/c1-2-18-13(19-6-5-14(15,16)17)21-9-7-20(8-10-21)12-4-3-11-22-12/h3-4,11H,2,5-10H2,1H3,(H,18,19). The van der Waals surface area contributed by atoms with Gasteiger partial charge >= 0.3 is 6.18 Å². The molecule has 22 heavy (non-hydrogen) atoms. The largest absolute Gasteiger partial charge is 0.390 e. The van der Waals surface area contributed by atoms with Gasteiger partial charge in [0.2, 0.25) is 0 Å². The van der Waals surface area contributed by atoms with Gasteiger partial charge in [0.05, 0.1) is 18.0 Å². The summed E-state index contributed by atoms with van der Waals surface area (Å²) in [6.45, 7) is 5.56. The van der Waals surface area contributed by atoms with Crippen molar-refractivity contribution in [2.45, 2.75) is 19.5 Å². The molecule has 0 amide bonds. The molecule has 2 heterocycles. The number of anilines is 1. The molecule has 0 spiro atoms. The molecule has 1 aromatic heterocycles. The lowest BCUT2D eigenvalue weighted by Gasteiger charge is -2.37. The van der Waals surface area contributed by atoms with Crippen LogP contribution < -0.4 is 10.2 Å². The third kappa shape index (κ3) is 5.08. The molecule has 1 fully saturated rings. The van der Waals surface area contributed by atoms with E-state index in [9.17, 15) is 13.2 Å². The van der Waals surface area contributed by atoms with Gasteiger partial charge in [-0.25, -0.2) is 0 Å². The fourth-order valence-electron chi connectivity index (χ4n) is 2.30. The van der Waals surface area contributed by atoms with E-state index in [0.717, 1.165) is 26.2 Å². The first kappa shape index (κ1) is 16.9. The molecule has 2 rings (SSSR count). The normalized spacial score (nSPS) is 17.0. The molecule has 0 bridgehead atoms. The fourth-order valence-corrected chi connectivity index (χ4v) is 3.09. The number of hydrogen-bond donors (Lipinski definition) is 1.